The van der Waals surface area contributed by atoms with Crippen molar-refractivity contribution in [2.24, 2.45) is 5.92 Å². The summed E-state index contributed by atoms with van der Waals surface area (Å²) >= 11 is 0. The molecule has 2 rings (SSSR count). The summed E-state index contributed by atoms with van der Waals surface area (Å²) in [5.41, 5.74) is 0. The van der Waals surface area contributed by atoms with E-state index in [1.807, 2.05) is 0 Å². The molecule has 0 radical (unpaired) electrons. The monoisotopic (exact) mass is 183 g/mol. The van der Waals surface area contributed by atoms with Gasteiger partial charge in [-0.1, -0.05) is 19.8 Å². The van der Waals surface area contributed by atoms with Crippen LogP contribution in [-0.4, -0.2) is 35.2 Å². The maximum Gasteiger partial charge on any atom is 0.0693 e. The first kappa shape index (κ1) is 9.47. The summed E-state index contributed by atoms with van der Waals surface area (Å²) in [5.74, 6) is 0.512. The molecule has 76 valence electrons. The summed E-state index contributed by atoms with van der Waals surface area (Å²) < 4.78 is 0. The maximum absolute atomic E-state index is 9.77. The van der Waals surface area contributed by atoms with Crippen LogP contribution in [0.4, 0.5) is 0 Å². The molecule has 0 bridgehead atoms. The van der Waals surface area contributed by atoms with Crippen molar-refractivity contribution in [2.45, 2.75) is 51.2 Å². The lowest BCUT2D eigenvalue weighted by molar-refractivity contribution is 0.0112. The summed E-state index contributed by atoms with van der Waals surface area (Å²) in [6.45, 7) is 4.30. The van der Waals surface area contributed by atoms with E-state index in [-0.39, 0.29) is 6.10 Å². The highest BCUT2D eigenvalue weighted by atomic mass is 16.3. The molecule has 0 aromatic rings. The Morgan fingerprint density at radius 2 is 1.85 bits per heavy atom. The number of aliphatic hydroxyl groups is 1. The highest BCUT2D eigenvalue weighted by molar-refractivity contribution is 4.84. The summed E-state index contributed by atoms with van der Waals surface area (Å²) in [7, 11) is 0. The number of rotatable bonds is 1. The summed E-state index contributed by atoms with van der Waals surface area (Å²) in [5, 5.41) is 9.77. The van der Waals surface area contributed by atoms with Crippen LogP contribution >= 0.6 is 0 Å². The molecule has 1 aliphatic carbocycles. The molecular formula is C11H21NO. The molecule has 1 aliphatic heterocycles. The molecule has 2 unspecified atom stereocenters. The van der Waals surface area contributed by atoms with Crippen LogP contribution < -0.4 is 0 Å². The molecule has 1 saturated carbocycles. The van der Waals surface area contributed by atoms with Gasteiger partial charge in [0.1, 0.15) is 0 Å². The van der Waals surface area contributed by atoms with Gasteiger partial charge in [-0.15, -0.1) is 0 Å². The lowest BCUT2D eigenvalue weighted by Gasteiger charge is -2.37. The van der Waals surface area contributed by atoms with Crippen LogP contribution in [0.5, 0.6) is 0 Å². The predicted octanol–water partition coefficient (Wildman–Crippen LogP) is 1.63. The highest BCUT2D eigenvalue weighted by Gasteiger charge is 2.30. The largest absolute Gasteiger partial charge is 0.392 e. The Morgan fingerprint density at radius 1 is 1.15 bits per heavy atom. The molecule has 2 nitrogen and oxygen atoms in total. The fourth-order valence-electron chi connectivity index (χ4n) is 2.67. The summed E-state index contributed by atoms with van der Waals surface area (Å²) in [4.78, 5) is 2.51. The van der Waals surface area contributed by atoms with E-state index in [1.165, 1.54) is 38.6 Å². The Balaban J connectivity index is 1.87. The van der Waals surface area contributed by atoms with Crippen LogP contribution in [0.3, 0.4) is 0 Å². The number of β-amino-alcohol motifs (C(OH)–C–C–N with tert-alkyl or cyclic N) is 1. The van der Waals surface area contributed by atoms with E-state index in [1.54, 1.807) is 0 Å². The zero-order valence-electron chi connectivity index (χ0n) is 8.58. The number of hydrogen-bond acceptors (Lipinski definition) is 2. The second-order valence-electron chi connectivity index (χ2n) is 4.77. The van der Waals surface area contributed by atoms with Gasteiger partial charge in [0.15, 0.2) is 0 Å². The van der Waals surface area contributed by atoms with E-state index in [9.17, 15) is 5.11 Å². The minimum atomic E-state index is -0.0747. The predicted molar refractivity (Wildman–Crippen MR) is 53.6 cm³/mol. The molecule has 0 spiro atoms. The topological polar surface area (TPSA) is 23.5 Å². The fourth-order valence-corrected chi connectivity index (χ4v) is 2.67. The second-order valence-corrected chi connectivity index (χ2v) is 4.77. The normalized spacial score (nSPS) is 38.3. The molecule has 13 heavy (non-hydrogen) atoms. The van der Waals surface area contributed by atoms with Crippen molar-refractivity contribution in [1.82, 2.24) is 4.90 Å². The van der Waals surface area contributed by atoms with Gasteiger partial charge in [0, 0.05) is 12.6 Å². The van der Waals surface area contributed by atoms with Crippen LogP contribution in [0, 0.1) is 5.92 Å². The molecular weight excluding hydrogens is 162 g/mol. The number of piperidine rings is 1. The van der Waals surface area contributed by atoms with Crippen molar-refractivity contribution in [2.75, 3.05) is 13.1 Å². The fraction of sp³-hybridized carbons (Fsp3) is 1.00. The first-order valence-corrected chi connectivity index (χ1v) is 5.69. The van der Waals surface area contributed by atoms with E-state index in [0.717, 1.165) is 12.6 Å². The SMILES string of the molecule is CC1CCN(C2CCCC2)CC1O. The van der Waals surface area contributed by atoms with Crippen LogP contribution in [-0.2, 0) is 0 Å². The third-order valence-electron chi connectivity index (χ3n) is 3.79. The van der Waals surface area contributed by atoms with Crippen LogP contribution in [0.2, 0.25) is 0 Å². The van der Waals surface area contributed by atoms with Crippen LogP contribution in [0.25, 0.3) is 0 Å². The molecule has 0 aromatic heterocycles. The average molecular weight is 183 g/mol. The van der Waals surface area contributed by atoms with Crippen LogP contribution in [0.15, 0.2) is 0 Å². The summed E-state index contributed by atoms with van der Waals surface area (Å²) in [6, 6.07) is 0.794. The Hall–Kier alpha value is -0.0800. The van der Waals surface area contributed by atoms with E-state index in [4.69, 9.17) is 0 Å². The van der Waals surface area contributed by atoms with Gasteiger partial charge in [0.05, 0.1) is 6.10 Å². The minimum absolute atomic E-state index is 0.0747. The van der Waals surface area contributed by atoms with Gasteiger partial charge in [0.2, 0.25) is 0 Å². The molecule has 0 aromatic carbocycles. The van der Waals surface area contributed by atoms with E-state index < -0.39 is 0 Å². The van der Waals surface area contributed by atoms with Gasteiger partial charge < -0.3 is 5.11 Å². The Labute approximate surface area is 80.9 Å². The Kier molecular flexibility index (Phi) is 2.89. The van der Waals surface area contributed by atoms with Gasteiger partial charge in [-0.25, -0.2) is 0 Å². The van der Waals surface area contributed by atoms with Crippen molar-refractivity contribution >= 4 is 0 Å². The molecule has 1 saturated heterocycles. The van der Waals surface area contributed by atoms with Crippen molar-refractivity contribution in [3.05, 3.63) is 0 Å². The second kappa shape index (κ2) is 3.97. The van der Waals surface area contributed by atoms with Crippen molar-refractivity contribution in [1.29, 1.82) is 0 Å². The number of hydrogen-bond donors (Lipinski definition) is 1. The van der Waals surface area contributed by atoms with Crippen LogP contribution in [0.1, 0.15) is 39.0 Å². The first-order valence-electron chi connectivity index (χ1n) is 5.69. The zero-order valence-corrected chi connectivity index (χ0v) is 8.58. The van der Waals surface area contributed by atoms with Gasteiger partial charge >= 0.3 is 0 Å². The average Bonchev–Trinajstić information content (AvgIpc) is 2.62. The maximum atomic E-state index is 9.77. The summed E-state index contributed by atoms with van der Waals surface area (Å²) in [6.07, 6.45) is 6.62. The third kappa shape index (κ3) is 2.05. The molecule has 1 N–H and O–H groups in total. The quantitative estimate of drug-likeness (QED) is 0.668. The zero-order chi connectivity index (χ0) is 9.26. The molecule has 2 aliphatic rings. The lowest BCUT2D eigenvalue weighted by atomic mass is 9.95. The van der Waals surface area contributed by atoms with Gasteiger partial charge in [0.25, 0.3) is 0 Å². The smallest absolute Gasteiger partial charge is 0.0693 e. The minimum Gasteiger partial charge on any atom is -0.392 e. The number of aliphatic hydroxyl groups excluding tert-OH is 1. The third-order valence-corrected chi connectivity index (χ3v) is 3.79. The number of likely N-dealkylation sites (tertiary alicyclic amines) is 1. The Morgan fingerprint density at radius 3 is 2.46 bits per heavy atom. The van der Waals surface area contributed by atoms with Crippen molar-refractivity contribution < 1.29 is 5.11 Å². The molecule has 2 heteroatoms. The van der Waals surface area contributed by atoms with Crippen molar-refractivity contribution in [3.63, 3.8) is 0 Å². The Bertz CT molecular complexity index is 165. The number of nitrogens with zero attached hydrogens (tertiary/aromatic N) is 1. The van der Waals surface area contributed by atoms with E-state index in [2.05, 4.69) is 11.8 Å². The standard InChI is InChI=1S/C11H21NO/c1-9-6-7-12(8-11(9)13)10-4-2-3-5-10/h9-11,13H,2-8H2,1H3. The van der Waals surface area contributed by atoms with Gasteiger partial charge in [-0.2, -0.15) is 0 Å². The van der Waals surface area contributed by atoms with E-state index >= 15 is 0 Å². The molecule has 1 heterocycles. The molecule has 0 amide bonds. The van der Waals surface area contributed by atoms with Gasteiger partial charge in [-0.3, -0.25) is 4.90 Å². The van der Waals surface area contributed by atoms with Gasteiger partial charge in [-0.05, 0) is 31.7 Å². The lowest BCUT2D eigenvalue weighted by Crippen LogP contribution is -2.46. The first-order chi connectivity index (χ1) is 6.27. The van der Waals surface area contributed by atoms with E-state index in [0.29, 0.717) is 5.92 Å². The molecule has 2 fully saturated rings. The molecule has 2 atom stereocenters. The van der Waals surface area contributed by atoms with Crippen molar-refractivity contribution in [3.8, 4) is 0 Å². The highest BCUT2D eigenvalue weighted by Crippen LogP contribution is 2.27.